The first kappa shape index (κ1) is 22.5. The molecular weight excluding hydrogens is 473 g/mol. The molecule has 0 unspecified atom stereocenters. The number of fused-ring (bicyclic) bond motifs is 1. The molecule has 2 aromatic carbocycles. The van der Waals surface area contributed by atoms with E-state index in [1.165, 1.54) is 18.3 Å². The van der Waals surface area contributed by atoms with Gasteiger partial charge in [0.25, 0.3) is 0 Å². The molecule has 0 radical (unpaired) electrons. The van der Waals surface area contributed by atoms with Crippen LogP contribution in [0.25, 0.3) is 22.2 Å². The average molecular weight is 494 g/mol. The molecule has 3 aromatic heterocycles. The Morgan fingerprint density at radius 2 is 2.00 bits per heavy atom. The van der Waals surface area contributed by atoms with Gasteiger partial charge in [0.1, 0.15) is 17.3 Å². The number of sulfone groups is 1. The summed E-state index contributed by atoms with van der Waals surface area (Å²) in [7, 11) is -3.99. The molecular formula is C24H20FN5O4S. The van der Waals surface area contributed by atoms with Crippen LogP contribution in [0, 0.1) is 12.7 Å². The summed E-state index contributed by atoms with van der Waals surface area (Å²) < 4.78 is 47.4. The fourth-order valence-corrected chi connectivity index (χ4v) is 5.29. The highest BCUT2D eigenvalue weighted by Crippen LogP contribution is 2.28. The molecule has 35 heavy (non-hydrogen) atoms. The number of carbonyl (C=O) groups is 1. The summed E-state index contributed by atoms with van der Waals surface area (Å²) in [5, 5.41) is 13.3. The summed E-state index contributed by atoms with van der Waals surface area (Å²) in [6, 6.07) is 14.9. The monoisotopic (exact) mass is 493 g/mol. The minimum absolute atomic E-state index is 0.0363. The first-order valence-electron chi connectivity index (χ1n) is 10.6. The molecule has 0 aliphatic heterocycles. The van der Waals surface area contributed by atoms with Crippen molar-refractivity contribution >= 4 is 32.5 Å². The fraction of sp³-hybridized carbons (Fsp3) is 0.125. The van der Waals surface area contributed by atoms with E-state index < -0.39 is 27.3 Å². The van der Waals surface area contributed by atoms with Crippen LogP contribution in [0.3, 0.4) is 0 Å². The molecule has 3 heterocycles. The zero-order valence-corrected chi connectivity index (χ0v) is 19.3. The minimum atomic E-state index is -3.99. The molecule has 5 aromatic rings. The number of H-pyrrole nitrogens is 1. The number of para-hydroxylation sites is 1. The summed E-state index contributed by atoms with van der Waals surface area (Å²) in [5.41, 5.74) is 2.24. The van der Waals surface area contributed by atoms with Crippen LogP contribution >= 0.6 is 0 Å². The number of halogens is 1. The van der Waals surface area contributed by atoms with E-state index in [0.29, 0.717) is 27.9 Å². The average Bonchev–Trinajstić information content (AvgIpc) is 3.56. The molecule has 0 bridgehead atoms. The predicted molar refractivity (Wildman–Crippen MR) is 127 cm³/mol. The summed E-state index contributed by atoms with van der Waals surface area (Å²) >= 11 is 0. The number of anilines is 1. The van der Waals surface area contributed by atoms with E-state index >= 15 is 0 Å². The Bertz CT molecular complexity index is 1640. The highest BCUT2D eigenvalue weighted by Gasteiger charge is 2.25. The van der Waals surface area contributed by atoms with Crippen molar-refractivity contribution in [2.24, 2.45) is 0 Å². The van der Waals surface area contributed by atoms with Gasteiger partial charge in [-0.25, -0.2) is 12.8 Å². The number of hydrogen-bond donors (Lipinski definition) is 2. The predicted octanol–water partition coefficient (Wildman–Crippen LogP) is 3.93. The van der Waals surface area contributed by atoms with E-state index in [1.807, 2.05) is 0 Å². The summed E-state index contributed by atoms with van der Waals surface area (Å²) in [5.74, 6) is -1.25. The number of amides is 1. The summed E-state index contributed by atoms with van der Waals surface area (Å²) in [4.78, 5) is 12.4. The number of aryl methyl sites for hydroxylation is 1. The van der Waals surface area contributed by atoms with Gasteiger partial charge in [0.2, 0.25) is 5.91 Å². The van der Waals surface area contributed by atoms with E-state index in [9.17, 15) is 17.6 Å². The Labute approximate surface area is 199 Å². The van der Waals surface area contributed by atoms with Crippen LogP contribution in [0.15, 0.2) is 76.4 Å². The maximum atomic E-state index is 14.4. The third-order valence-corrected chi connectivity index (χ3v) is 7.10. The normalized spacial score (nSPS) is 11.7. The van der Waals surface area contributed by atoms with Crippen LogP contribution in [-0.4, -0.2) is 40.0 Å². The van der Waals surface area contributed by atoms with Gasteiger partial charge in [-0.15, -0.1) is 0 Å². The summed E-state index contributed by atoms with van der Waals surface area (Å²) in [6.45, 7) is 1.95. The molecule has 1 amide bonds. The van der Waals surface area contributed by atoms with Gasteiger partial charge < -0.3 is 14.4 Å². The number of aromatic nitrogens is 4. The van der Waals surface area contributed by atoms with E-state index in [4.69, 9.17) is 4.52 Å². The minimum Gasteiger partial charge on any atom is -0.360 e. The molecule has 0 fully saturated rings. The molecule has 9 nitrogen and oxygen atoms in total. The standard InChI is InChI=1S/C24H20FN5O4S/c1-15-10-23(29-34-15)27-24(31)14-35(32,33)22-13-30(21-5-3-2-4-17(21)22)12-16-6-7-19(25)18(11-16)20-8-9-26-28-20/h2-11,13H,12,14H2,1H3,(H,26,28)(H,27,29,31). The van der Waals surface area contributed by atoms with Crippen LogP contribution < -0.4 is 5.32 Å². The van der Waals surface area contributed by atoms with E-state index in [-0.39, 0.29) is 17.3 Å². The molecule has 0 spiro atoms. The molecule has 2 N–H and O–H groups in total. The lowest BCUT2D eigenvalue weighted by Gasteiger charge is -2.08. The Kier molecular flexibility index (Phi) is 5.69. The summed E-state index contributed by atoms with van der Waals surface area (Å²) in [6.07, 6.45) is 3.11. The van der Waals surface area contributed by atoms with Crippen LogP contribution in [0.5, 0.6) is 0 Å². The smallest absolute Gasteiger partial charge is 0.241 e. The van der Waals surface area contributed by atoms with Gasteiger partial charge >= 0.3 is 0 Å². The van der Waals surface area contributed by atoms with Crippen LogP contribution in [0.1, 0.15) is 11.3 Å². The molecule has 0 saturated heterocycles. The SMILES string of the molecule is Cc1cc(NC(=O)CS(=O)(=O)c2cn(Cc3ccc(F)c(-c4cc[nH]n4)c3)c3ccccc23)no1. The van der Waals surface area contributed by atoms with Gasteiger partial charge in [-0.2, -0.15) is 5.10 Å². The molecule has 0 aliphatic rings. The van der Waals surface area contributed by atoms with Crippen molar-refractivity contribution in [3.8, 4) is 11.3 Å². The number of benzene rings is 2. The Hall–Kier alpha value is -4.25. The number of rotatable bonds is 7. The van der Waals surface area contributed by atoms with Crippen LogP contribution in [0.4, 0.5) is 10.2 Å². The molecule has 0 atom stereocenters. The Morgan fingerprint density at radius 1 is 1.17 bits per heavy atom. The number of aromatic amines is 1. The van der Waals surface area contributed by atoms with Crippen molar-refractivity contribution in [2.75, 3.05) is 11.1 Å². The van der Waals surface area contributed by atoms with Crippen LogP contribution in [-0.2, 0) is 21.2 Å². The topological polar surface area (TPSA) is 123 Å². The Balaban J connectivity index is 1.46. The lowest BCUT2D eigenvalue weighted by Crippen LogP contribution is -2.23. The second-order valence-electron chi connectivity index (χ2n) is 8.04. The second-order valence-corrected chi connectivity index (χ2v) is 10.0. The van der Waals surface area contributed by atoms with Gasteiger partial charge in [-0.3, -0.25) is 9.89 Å². The Morgan fingerprint density at radius 3 is 2.74 bits per heavy atom. The maximum Gasteiger partial charge on any atom is 0.241 e. The van der Waals surface area contributed by atoms with Crippen molar-refractivity contribution in [1.82, 2.24) is 19.9 Å². The zero-order valence-electron chi connectivity index (χ0n) is 18.5. The van der Waals surface area contributed by atoms with E-state index in [2.05, 4.69) is 20.7 Å². The zero-order chi connectivity index (χ0) is 24.6. The van der Waals surface area contributed by atoms with Crippen molar-refractivity contribution in [2.45, 2.75) is 18.4 Å². The van der Waals surface area contributed by atoms with Crippen molar-refractivity contribution < 1.29 is 22.1 Å². The first-order chi connectivity index (χ1) is 16.8. The van der Waals surface area contributed by atoms with E-state index in [1.54, 1.807) is 60.2 Å². The quantitative estimate of drug-likeness (QED) is 0.354. The van der Waals surface area contributed by atoms with Crippen LogP contribution in [0.2, 0.25) is 0 Å². The third kappa shape index (κ3) is 4.58. The largest absolute Gasteiger partial charge is 0.360 e. The molecule has 5 rings (SSSR count). The highest BCUT2D eigenvalue weighted by atomic mass is 32.2. The number of hydrogen-bond acceptors (Lipinski definition) is 6. The fourth-order valence-electron chi connectivity index (χ4n) is 3.92. The highest BCUT2D eigenvalue weighted by molar-refractivity contribution is 7.92. The lowest BCUT2D eigenvalue weighted by atomic mass is 10.1. The molecule has 11 heteroatoms. The third-order valence-electron chi connectivity index (χ3n) is 5.46. The first-order valence-corrected chi connectivity index (χ1v) is 12.3. The molecule has 0 saturated carbocycles. The van der Waals surface area contributed by atoms with Gasteiger partial charge in [0.15, 0.2) is 15.7 Å². The number of nitrogens with one attached hydrogen (secondary N) is 2. The van der Waals surface area contributed by atoms with Crippen molar-refractivity contribution in [3.63, 3.8) is 0 Å². The maximum absolute atomic E-state index is 14.4. The molecule has 0 aliphatic carbocycles. The van der Waals surface area contributed by atoms with Gasteiger partial charge in [0, 0.05) is 41.5 Å². The van der Waals surface area contributed by atoms with Crippen molar-refractivity contribution in [3.05, 3.63) is 84.1 Å². The lowest BCUT2D eigenvalue weighted by molar-refractivity contribution is -0.113. The number of carbonyl (C=O) groups excluding carboxylic acids is 1. The van der Waals surface area contributed by atoms with Crippen molar-refractivity contribution in [1.29, 1.82) is 0 Å². The van der Waals surface area contributed by atoms with Gasteiger partial charge in [0.05, 0.1) is 10.6 Å². The van der Waals surface area contributed by atoms with E-state index in [0.717, 1.165) is 5.56 Å². The molecule has 178 valence electrons. The number of nitrogens with zero attached hydrogens (tertiary/aromatic N) is 3. The second kappa shape index (κ2) is 8.84. The van der Waals surface area contributed by atoms with Gasteiger partial charge in [-0.1, -0.05) is 29.4 Å². The van der Waals surface area contributed by atoms with Gasteiger partial charge in [-0.05, 0) is 36.8 Å².